The number of aromatic nitrogens is 1. The fourth-order valence-electron chi connectivity index (χ4n) is 3.37. The number of nitrogens with zero attached hydrogens (tertiary/aromatic N) is 4. The van der Waals surface area contributed by atoms with Crippen LogP contribution in [0.5, 0.6) is 0 Å². The van der Waals surface area contributed by atoms with Gasteiger partial charge >= 0.3 is 6.03 Å². The Kier molecular flexibility index (Phi) is 3.45. The molecule has 6 heteroatoms. The van der Waals surface area contributed by atoms with Gasteiger partial charge in [-0.25, -0.2) is 14.7 Å². The molecule has 1 aromatic carbocycles. The second-order valence-electron chi connectivity index (χ2n) is 6.19. The molecule has 0 spiro atoms. The van der Waals surface area contributed by atoms with Gasteiger partial charge in [0.05, 0.1) is 0 Å². The normalized spacial score (nSPS) is 19.3. The van der Waals surface area contributed by atoms with Crippen LogP contribution in [0.15, 0.2) is 48.7 Å². The molecule has 3 amide bonds. The standard InChI is InChI=1S/C18H18N4O2/c1-20(16-8-4-5-9-19-16)12-22-17(23)15-10-13-6-2-3-7-14(13)11-21(15)18(22)24/h2-9,15H,10-12H2,1H3/t15-/m1/s1. The van der Waals surface area contributed by atoms with Crippen LogP contribution >= 0.6 is 0 Å². The van der Waals surface area contributed by atoms with Crippen LogP contribution < -0.4 is 4.90 Å². The number of benzene rings is 1. The van der Waals surface area contributed by atoms with Crippen molar-refractivity contribution in [2.45, 2.75) is 19.0 Å². The Morgan fingerprint density at radius 2 is 1.88 bits per heavy atom. The van der Waals surface area contributed by atoms with Crippen molar-refractivity contribution < 1.29 is 9.59 Å². The van der Waals surface area contributed by atoms with Gasteiger partial charge in [-0.1, -0.05) is 30.3 Å². The lowest BCUT2D eigenvalue weighted by molar-refractivity contribution is -0.128. The van der Waals surface area contributed by atoms with Crippen LogP contribution in [0.4, 0.5) is 10.6 Å². The van der Waals surface area contributed by atoms with Crippen molar-refractivity contribution in [3.05, 3.63) is 59.8 Å². The number of anilines is 1. The average Bonchev–Trinajstić information content (AvgIpc) is 2.85. The zero-order valence-corrected chi connectivity index (χ0v) is 13.4. The van der Waals surface area contributed by atoms with Crippen LogP contribution in [-0.2, 0) is 17.8 Å². The third kappa shape index (κ3) is 2.31. The van der Waals surface area contributed by atoms with E-state index in [9.17, 15) is 9.59 Å². The number of hydrogen-bond acceptors (Lipinski definition) is 4. The van der Waals surface area contributed by atoms with Gasteiger partial charge in [0.1, 0.15) is 18.5 Å². The molecule has 2 aliphatic rings. The molecule has 1 aromatic heterocycles. The fraction of sp³-hybridized carbons (Fsp3) is 0.278. The minimum atomic E-state index is -0.385. The first-order chi connectivity index (χ1) is 11.6. The summed E-state index contributed by atoms with van der Waals surface area (Å²) in [5.41, 5.74) is 2.27. The molecule has 122 valence electrons. The first-order valence-electron chi connectivity index (χ1n) is 7.96. The van der Waals surface area contributed by atoms with Gasteiger partial charge in [-0.05, 0) is 23.3 Å². The van der Waals surface area contributed by atoms with Crippen LogP contribution in [0.1, 0.15) is 11.1 Å². The minimum Gasteiger partial charge on any atom is -0.341 e. The van der Waals surface area contributed by atoms with E-state index < -0.39 is 0 Å². The molecule has 6 nitrogen and oxygen atoms in total. The minimum absolute atomic E-state index is 0.128. The van der Waals surface area contributed by atoms with E-state index in [-0.39, 0.29) is 24.6 Å². The Labute approximate surface area is 140 Å². The molecular weight excluding hydrogens is 304 g/mol. The van der Waals surface area contributed by atoms with Crippen molar-refractivity contribution in [3.8, 4) is 0 Å². The number of urea groups is 1. The van der Waals surface area contributed by atoms with Crippen LogP contribution in [0.25, 0.3) is 0 Å². The second kappa shape index (κ2) is 5.63. The largest absolute Gasteiger partial charge is 0.341 e. The van der Waals surface area contributed by atoms with E-state index in [0.29, 0.717) is 13.0 Å². The summed E-state index contributed by atoms with van der Waals surface area (Å²) in [6, 6.07) is 13.0. The quantitative estimate of drug-likeness (QED) is 0.810. The third-order valence-electron chi connectivity index (χ3n) is 4.67. The van der Waals surface area contributed by atoms with E-state index in [2.05, 4.69) is 4.98 Å². The van der Waals surface area contributed by atoms with Crippen molar-refractivity contribution in [3.63, 3.8) is 0 Å². The number of amides is 3. The fourth-order valence-corrected chi connectivity index (χ4v) is 3.37. The Morgan fingerprint density at radius 1 is 1.12 bits per heavy atom. The van der Waals surface area contributed by atoms with E-state index >= 15 is 0 Å². The summed E-state index contributed by atoms with van der Waals surface area (Å²) in [5, 5.41) is 0. The lowest BCUT2D eigenvalue weighted by Gasteiger charge is -2.28. The van der Waals surface area contributed by atoms with Gasteiger partial charge in [-0.15, -0.1) is 0 Å². The van der Waals surface area contributed by atoms with Gasteiger partial charge < -0.3 is 9.80 Å². The first-order valence-corrected chi connectivity index (χ1v) is 7.96. The predicted molar refractivity (Wildman–Crippen MR) is 89.2 cm³/mol. The highest BCUT2D eigenvalue weighted by Gasteiger charge is 2.47. The van der Waals surface area contributed by atoms with E-state index in [1.807, 2.05) is 49.5 Å². The highest BCUT2D eigenvalue weighted by atomic mass is 16.2. The van der Waals surface area contributed by atoms with Crippen molar-refractivity contribution in [1.29, 1.82) is 0 Å². The Hall–Kier alpha value is -2.89. The molecule has 0 aliphatic carbocycles. The molecule has 0 radical (unpaired) electrons. The average molecular weight is 322 g/mol. The molecule has 2 aliphatic heterocycles. The van der Waals surface area contributed by atoms with E-state index in [1.54, 1.807) is 16.0 Å². The summed E-state index contributed by atoms with van der Waals surface area (Å²) < 4.78 is 0. The SMILES string of the molecule is CN(CN1C(=O)[C@H]2Cc3ccccc3CN2C1=O)c1ccccn1. The number of imide groups is 1. The highest BCUT2D eigenvalue weighted by Crippen LogP contribution is 2.30. The molecule has 0 bridgehead atoms. The summed E-state index contributed by atoms with van der Waals surface area (Å²) in [7, 11) is 1.83. The molecule has 1 saturated heterocycles. The summed E-state index contributed by atoms with van der Waals surface area (Å²) in [6.07, 6.45) is 2.28. The molecule has 24 heavy (non-hydrogen) atoms. The molecular formula is C18H18N4O2. The van der Waals surface area contributed by atoms with Crippen LogP contribution in [0, 0.1) is 0 Å². The van der Waals surface area contributed by atoms with E-state index in [1.165, 1.54) is 4.90 Å². The summed E-state index contributed by atoms with van der Waals surface area (Å²) in [5.74, 6) is 0.601. The Bertz CT molecular complexity index is 750. The maximum absolute atomic E-state index is 12.7. The summed E-state index contributed by atoms with van der Waals surface area (Å²) in [4.78, 5) is 34.5. The maximum Gasteiger partial charge on any atom is 0.329 e. The van der Waals surface area contributed by atoms with Gasteiger partial charge in [0.25, 0.3) is 5.91 Å². The molecule has 4 rings (SSSR count). The first kappa shape index (κ1) is 14.7. The number of carbonyl (C=O) groups is 2. The van der Waals surface area contributed by atoms with Gasteiger partial charge in [0, 0.05) is 26.2 Å². The molecule has 0 unspecified atom stereocenters. The van der Waals surface area contributed by atoms with Crippen molar-refractivity contribution in [2.75, 3.05) is 18.6 Å². The number of pyridine rings is 1. The van der Waals surface area contributed by atoms with E-state index in [0.717, 1.165) is 16.9 Å². The third-order valence-corrected chi connectivity index (χ3v) is 4.67. The van der Waals surface area contributed by atoms with Gasteiger partial charge in [-0.2, -0.15) is 0 Å². The number of rotatable bonds is 3. The smallest absolute Gasteiger partial charge is 0.329 e. The molecule has 1 fully saturated rings. The van der Waals surface area contributed by atoms with Crippen LogP contribution in [0.2, 0.25) is 0 Å². The molecule has 3 heterocycles. The summed E-state index contributed by atoms with van der Waals surface area (Å²) >= 11 is 0. The van der Waals surface area contributed by atoms with Gasteiger partial charge in [0.2, 0.25) is 0 Å². The van der Waals surface area contributed by atoms with Crippen molar-refractivity contribution in [1.82, 2.24) is 14.8 Å². The number of fused-ring (bicyclic) bond motifs is 2. The van der Waals surface area contributed by atoms with Crippen LogP contribution in [0.3, 0.4) is 0 Å². The van der Waals surface area contributed by atoms with Gasteiger partial charge in [-0.3, -0.25) is 4.79 Å². The zero-order chi connectivity index (χ0) is 16.7. The number of hydrogen-bond donors (Lipinski definition) is 0. The zero-order valence-electron chi connectivity index (χ0n) is 13.4. The molecule has 2 aromatic rings. The maximum atomic E-state index is 12.7. The summed E-state index contributed by atoms with van der Waals surface area (Å²) in [6.45, 7) is 0.702. The predicted octanol–water partition coefficient (Wildman–Crippen LogP) is 1.86. The lowest BCUT2D eigenvalue weighted by atomic mass is 9.95. The lowest BCUT2D eigenvalue weighted by Crippen LogP contribution is -2.41. The van der Waals surface area contributed by atoms with Gasteiger partial charge in [0.15, 0.2) is 0 Å². The molecule has 0 N–H and O–H groups in total. The molecule has 0 saturated carbocycles. The van der Waals surface area contributed by atoms with Crippen molar-refractivity contribution in [2.24, 2.45) is 0 Å². The van der Waals surface area contributed by atoms with E-state index in [4.69, 9.17) is 0 Å². The topological polar surface area (TPSA) is 56.8 Å². The van der Waals surface area contributed by atoms with Crippen molar-refractivity contribution >= 4 is 17.8 Å². The Morgan fingerprint density at radius 3 is 2.62 bits per heavy atom. The highest BCUT2D eigenvalue weighted by molar-refractivity contribution is 6.04. The Balaban J connectivity index is 1.55. The number of carbonyl (C=O) groups excluding carboxylic acids is 2. The second-order valence-corrected chi connectivity index (χ2v) is 6.19. The molecule has 1 atom stereocenters. The van der Waals surface area contributed by atoms with Crippen LogP contribution in [-0.4, -0.2) is 46.5 Å². The monoisotopic (exact) mass is 322 g/mol.